The van der Waals surface area contributed by atoms with E-state index in [1.54, 1.807) is 6.07 Å². The molecule has 0 aliphatic heterocycles. The minimum absolute atomic E-state index is 0.0322. The van der Waals surface area contributed by atoms with Crippen LogP contribution < -0.4 is 10.6 Å². The number of fused-ring (bicyclic) bond motifs is 1. The van der Waals surface area contributed by atoms with Crippen LogP contribution in [-0.4, -0.2) is 47.2 Å². The van der Waals surface area contributed by atoms with E-state index in [0.717, 1.165) is 31.2 Å². The molecular weight excluding hydrogens is 337 g/mol. The zero-order valence-corrected chi connectivity index (χ0v) is 15.0. The normalized spacial score (nSPS) is 24.5. The Labute approximate surface area is 152 Å². The third-order valence-electron chi connectivity index (χ3n) is 5.46. The van der Waals surface area contributed by atoms with Crippen molar-refractivity contribution >= 4 is 12.0 Å². The van der Waals surface area contributed by atoms with Crippen molar-refractivity contribution < 1.29 is 19.1 Å². The molecule has 2 aliphatic rings. The molecule has 2 aliphatic carbocycles. The lowest BCUT2D eigenvalue weighted by Gasteiger charge is -2.42. The first-order chi connectivity index (χ1) is 12.5. The third kappa shape index (κ3) is 4.15. The Kier molecular flexibility index (Phi) is 5.76. The molecule has 1 atom stereocenters. The summed E-state index contributed by atoms with van der Waals surface area (Å²) in [5.74, 6) is -1.03. The second kappa shape index (κ2) is 8.03. The number of nitrogens with zero attached hydrogens (tertiary/aromatic N) is 1. The number of hydrogen-bond donors (Lipinski definition) is 3. The molecule has 3 N–H and O–H groups in total. The lowest BCUT2D eigenvalue weighted by atomic mass is 9.85. The molecule has 0 heterocycles. The van der Waals surface area contributed by atoms with Gasteiger partial charge in [0.05, 0.1) is 12.6 Å². The molecule has 142 valence electrons. The highest BCUT2D eigenvalue weighted by molar-refractivity contribution is 5.75. The van der Waals surface area contributed by atoms with Crippen molar-refractivity contribution in [1.82, 2.24) is 15.5 Å². The van der Waals surface area contributed by atoms with Crippen molar-refractivity contribution in [2.24, 2.45) is 0 Å². The van der Waals surface area contributed by atoms with Gasteiger partial charge in [0, 0.05) is 12.1 Å². The van der Waals surface area contributed by atoms with Crippen LogP contribution in [0.2, 0.25) is 0 Å². The van der Waals surface area contributed by atoms with Crippen LogP contribution in [0, 0.1) is 5.82 Å². The van der Waals surface area contributed by atoms with Crippen LogP contribution in [0.15, 0.2) is 18.2 Å². The second-order valence-corrected chi connectivity index (χ2v) is 7.15. The fourth-order valence-corrected chi connectivity index (χ4v) is 4.02. The van der Waals surface area contributed by atoms with Gasteiger partial charge in [-0.1, -0.05) is 19.1 Å². The number of amides is 2. The number of halogens is 1. The minimum atomic E-state index is -0.829. The summed E-state index contributed by atoms with van der Waals surface area (Å²) in [5.41, 5.74) is 1.58. The highest BCUT2D eigenvalue weighted by Gasteiger charge is 2.35. The highest BCUT2D eigenvalue weighted by atomic mass is 19.1. The van der Waals surface area contributed by atoms with Crippen LogP contribution in [0.1, 0.15) is 49.8 Å². The lowest BCUT2D eigenvalue weighted by molar-refractivity contribution is -0.139. The molecule has 3 rings (SSSR count). The number of carbonyl (C=O) groups excluding carboxylic acids is 1. The smallest absolute Gasteiger partial charge is 0.317 e. The fraction of sp³-hybridized carbons (Fsp3) is 0.579. The van der Waals surface area contributed by atoms with Crippen molar-refractivity contribution in [2.75, 3.05) is 13.1 Å². The third-order valence-corrected chi connectivity index (χ3v) is 5.46. The molecule has 0 spiro atoms. The summed E-state index contributed by atoms with van der Waals surface area (Å²) in [5, 5.41) is 14.8. The van der Waals surface area contributed by atoms with Gasteiger partial charge < -0.3 is 15.7 Å². The number of benzene rings is 1. The lowest BCUT2D eigenvalue weighted by Crippen LogP contribution is -2.56. The zero-order valence-electron chi connectivity index (χ0n) is 15.0. The van der Waals surface area contributed by atoms with Gasteiger partial charge >= 0.3 is 12.0 Å². The molecule has 26 heavy (non-hydrogen) atoms. The van der Waals surface area contributed by atoms with Crippen LogP contribution >= 0.6 is 0 Å². The predicted octanol–water partition coefficient (Wildman–Crippen LogP) is 2.44. The number of carboxylic acids is 1. The van der Waals surface area contributed by atoms with Crippen molar-refractivity contribution in [3.8, 4) is 0 Å². The number of urea groups is 1. The summed E-state index contributed by atoms with van der Waals surface area (Å²) in [7, 11) is 0. The van der Waals surface area contributed by atoms with Crippen molar-refractivity contribution in [3.05, 3.63) is 35.1 Å². The Hall–Kier alpha value is -2.15. The van der Waals surface area contributed by atoms with Gasteiger partial charge in [-0.3, -0.25) is 9.69 Å². The molecule has 1 fully saturated rings. The molecule has 1 unspecified atom stereocenters. The van der Waals surface area contributed by atoms with Crippen LogP contribution in [0.4, 0.5) is 9.18 Å². The summed E-state index contributed by atoms with van der Waals surface area (Å²) in [4.78, 5) is 25.1. The maximum Gasteiger partial charge on any atom is 0.317 e. The van der Waals surface area contributed by atoms with E-state index in [1.165, 1.54) is 6.07 Å². The highest BCUT2D eigenvalue weighted by Crippen LogP contribution is 2.31. The Bertz CT molecular complexity index is 676. The van der Waals surface area contributed by atoms with Gasteiger partial charge in [0.25, 0.3) is 0 Å². The summed E-state index contributed by atoms with van der Waals surface area (Å²) in [6.45, 7) is 2.65. The number of nitrogens with one attached hydrogen (secondary N) is 2. The number of carboxylic acid groups (broad SMARTS) is 1. The first-order valence-electron chi connectivity index (χ1n) is 9.28. The van der Waals surface area contributed by atoms with Crippen molar-refractivity contribution in [2.45, 2.75) is 57.2 Å². The van der Waals surface area contributed by atoms with E-state index in [2.05, 4.69) is 10.6 Å². The average Bonchev–Trinajstić information content (AvgIpc) is 2.57. The predicted molar refractivity (Wildman–Crippen MR) is 95.4 cm³/mol. The Morgan fingerprint density at radius 2 is 2.08 bits per heavy atom. The molecule has 0 aromatic heterocycles. The Morgan fingerprint density at radius 3 is 2.77 bits per heavy atom. The first kappa shape index (κ1) is 18.6. The molecule has 1 aromatic rings. The van der Waals surface area contributed by atoms with Crippen molar-refractivity contribution in [3.63, 3.8) is 0 Å². The summed E-state index contributed by atoms with van der Waals surface area (Å²) >= 11 is 0. The van der Waals surface area contributed by atoms with Crippen LogP contribution in [-0.2, 0) is 11.2 Å². The van der Waals surface area contributed by atoms with E-state index in [1.807, 2.05) is 17.9 Å². The number of carbonyl (C=O) groups is 2. The minimum Gasteiger partial charge on any atom is -0.480 e. The van der Waals surface area contributed by atoms with E-state index in [-0.39, 0.29) is 36.5 Å². The van der Waals surface area contributed by atoms with Crippen LogP contribution in [0.25, 0.3) is 0 Å². The summed E-state index contributed by atoms with van der Waals surface area (Å²) in [6, 6.07) is 4.88. The van der Waals surface area contributed by atoms with Gasteiger partial charge in [-0.2, -0.15) is 0 Å². The molecule has 0 radical (unpaired) electrons. The standard InChI is InChI=1S/C19H26FN3O3/c1-2-23(11-18(24)25)13-9-12(10-13)21-19(26)22-17-8-4-5-14-15(17)6-3-7-16(14)20/h3,6-7,12-13,17H,2,4-5,8-11H2,1H3,(H,24,25)(H2,21,22,26). The molecule has 2 amide bonds. The van der Waals surface area contributed by atoms with Gasteiger partial charge in [0.15, 0.2) is 0 Å². The maximum absolute atomic E-state index is 13.9. The first-order valence-corrected chi connectivity index (χ1v) is 9.28. The topological polar surface area (TPSA) is 81.7 Å². The Morgan fingerprint density at radius 1 is 1.31 bits per heavy atom. The average molecular weight is 363 g/mol. The number of rotatable bonds is 6. The number of hydrogen-bond acceptors (Lipinski definition) is 3. The van der Waals surface area contributed by atoms with Crippen LogP contribution in [0.3, 0.4) is 0 Å². The van der Waals surface area contributed by atoms with E-state index in [0.29, 0.717) is 18.5 Å². The Balaban J connectivity index is 1.49. The van der Waals surface area contributed by atoms with Gasteiger partial charge in [-0.15, -0.1) is 0 Å². The van der Waals surface area contributed by atoms with Gasteiger partial charge in [-0.25, -0.2) is 9.18 Å². The maximum atomic E-state index is 13.9. The second-order valence-electron chi connectivity index (χ2n) is 7.15. The molecule has 0 saturated heterocycles. The molecule has 1 saturated carbocycles. The molecule has 7 heteroatoms. The largest absolute Gasteiger partial charge is 0.480 e. The van der Waals surface area contributed by atoms with Gasteiger partial charge in [0.2, 0.25) is 0 Å². The molecule has 6 nitrogen and oxygen atoms in total. The van der Waals surface area contributed by atoms with Gasteiger partial charge in [0.1, 0.15) is 5.82 Å². The van der Waals surface area contributed by atoms with Gasteiger partial charge in [-0.05, 0) is 55.8 Å². The summed E-state index contributed by atoms with van der Waals surface area (Å²) < 4.78 is 13.9. The van der Waals surface area contributed by atoms with Crippen LogP contribution in [0.5, 0.6) is 0 Å². The SMILES string of the molecule is CCN(CC(=O)O)C1CC(NC(=O)NC2CCCc3c(F)cccc32)C1. The summed E-state index contributed by atoms with van der Waals surface area (Å²) in [6.07, 6.45) is 3.88. The van der Waals surface area contributed by atoms with E-state index < -0.39 is 5.97 Å². The zero-order chi connectivity index (χ0) is 18.7. The molecule has 0 bridgehead atoms. The molecule has 1 aromatic carbocycles. The monoisotopic (exact) mass is 363 g/mol. The quantitative estimate of drug-likeness (QED) is 0.725. The van der Waals surface area contributed by atoms with E-state index in [9.17, 15) is 14.0 Å². The number of likely N-dealkylation sites (N-methyl/N-ethyl adjacent to an activating group) is 1. The van der Waals surface area contributed by atoms with Crippen molar-refractivity contribution in [1.29, 1.82) is 0 Å². The molecular formula is C19H26FN3O3. The fourth-order valence-electron chi connectivity index (χ4n) is 4.02. The van der Waals surface area contributed by atoms with E-state index >= 15 is 0 Å². The number of aliphatic carboxylic acids is 1. The van der Waals surface area contributed by atoms with E-state index in [4.69, 9.17) is 5.11 Å².